The van der Waals surface area contributed by atoms with Crippen LogP contribution >= 0.6 is 0 Å². The molecule has 382 valence electrons. The third kappa shape index (κ3) is 13.5. The molecule has 8 aromatic carbocycles. The van der Waals surface area contributed by atoms with E-state index in [1.807, 2.05) is 138 Å². The zero-order valence-electron chi connectivity index (χ0n) is 42.2. The molecule has 1 amide bonds. The Bertz CT molecular complexity index is 2970. The van der Waals surface area contributed by atoms with E-state index in [0.717, 1.165) is 63.0 Å². The van der Waals surface area contributed by atoms with E-state index in [1.165, 1.54) is 12.1 Å². The van der Waals surface area contributed by atoms with Crippen molar-refractivity contribution in [3.8, 4) is 5.75 Å². The topological polar surface area (TPSA) is 75.7 Å². The van der Waals surface area contributed by atoms with Crippen LogP contribution in [0.1, 0.15) is 63.4 Å². The van der Waals surface area contributed by atoms with E-state index in [-0.39, 0.29) is 30.3 Å². The summed E-state index contributed by atoms with van der Waals surface area (Å²) in [5.41, 5.74) is 8.95. The molecule has 2 unspecified atom stereocenters. The molecule has 0 radical (unpaired) electrons. The smallest absolute Gasteiger partial charge is 0.233 e. The number of halogens is 1. The van der Waals surface area contributed by atoms with Gasteiger partial charge in [0.25, 0.3) is 0 Å². The van der Waals surface area contributed by atoms with Crippen molar-refractivity contribution in [3.05, 3.63) is 275 Å². The minimum absolute atomic E-state index is 0.0727. The highest BCUT2D eigenvalue weighted by atomic mass is 19.1. The largest absolute Gasteiger partial charge is 0.489 e. The Labute approximate surface area is 440 Å². The van der Waals surface area contributed by atoms with E-state index >= 15 is 0 Å². The van der Waals surface area contributed by atoms with Crippen molar-refractivity contribution in [2.24, 2.45) is 5.92 Å². The van der Waals surface area contributed by atoms with E-state index < -0.39 is 30.5 Å². The Hall–Kier alpha value is -7.24. The van der Waals surface area contributed by atoms with Crippen molar-refractivity contribution in [1.29, 1.82) is 0 Å². The normalized spacial score (nSPS) is 20.4. The zero-order chi connectivity index (χ0) is 51.0. The molecule has 10 rings (SSSR count). The molecule has 0 aromatic heterocycles. The Kier molecular flexibility index (Phi) is 17.6. The summed E-state index contributed by atoms with van der Waals surface area (Å²) in [5, 5.41) is 0. The van der Waals surface area contributed by atoms with Crippen molar-refractivity contribution in [1.82, 2.24) is 0 Å². The Morgan fingerprint density at radius 1 is 0.467 bits per heavy atom. The predicted molar refractivity (Wildman–Crippen MR) is 290 cm³/mol. The van der Waals surface area contributed by atoms with E-state index in [4.69, 9.17) is 28.4 Å². The second-order valence-electron chi connectivity index (χ2n) is 19.5. The van der Waals surface area contributed by atoms with Gasteiger partial charge in [0.05, 0.1) is 51.1 Å². The lowest BCUT2D eigenvalue weighted by Gasteiger charge is -2.48. The van der Waals surface area contributed by atoms with Crippen LogP contribution in [0.2, 0.25) is 0 Å². The van der Waals surface area contributed by atoms with Crippen molar-refractivity contribution in [2.75, 3.05) is 11.5 Å². The number of hydrogen-bond donors (Lipinski definition) is 0. The van der Waals surface area contributed by atoms with Gasteiger partial charge in [-0.3, -0.25) is 4.79 Å². The fourth-order valence-electron chi connectivity index (χ4n) is 10.3. The summed E-state index contributed by atoms with van der Waals surface area (Å²) in [6.07, 6.45) is -0.190. The van der Waals surface area contributed by atoms with E-state index in [2.05, 4.69) is 78.9 Å². The SMILES string of the molecule is O=C1[C@H](CCCc2ccc(F)cc2)[C@@H](c2ccc(C[C@@H]3OC(COCc4ccccc4)[C@@H](OCc4ccccc4)[C@@H](OCc4ccccc4)C3OCc3ccccc3)cc2OCc2ccccc2)N1c1ccccc1. The van der Waals surface area contributed by atoms with Crippen LogP contribution in [0, 0.1) is 11.7 Å². The molecule has 0 N–H and O–H groups in total. The summed E-state index contributed by atoms with van der Waals surface area (Å²) in [5.74, 6) is 0.215. The molecule has 2 heterocycles. The summed E-state index contributed by atoms with van der Waals surface area (Å²) >= 11 is 0. The first-order valence-corrected chi connectivity index (χ1v) is 26.2. The number of carbonyl (C=O) groups excluding carboxylic acids is 1. The number of rotatable bonds is 24. The average Bonchev–Trinajstić information content (AvgIpc) is 3.46. The second-order valence-corrected chi connectivity index (χ2v) is 19.5. The first kappa shape index (κ1) is 51.3. The van der Waals surface area contributed by atoms with Gasteiger partial charge < -0.3 is 33.3 Å². The number of benzene rings is 8. The highest BCUT2D eigenvalue weighted by molar-refractivity contribution is 6.03. The Morgan fingerprint density at radius 3 is 1.48 bits per heavy atom. The Morgan fingerprint density at radius 2 is 0.933 bits per heavy atom. The standard InChI is InChI=1S/C66H64FNO7/c67-55-37-34-48(35-38-55)30-19-33-58-62(68(66(58)69)56-31-17-6-18-32-56)57-39-36-54(40-59(57)71-43-50-22-9-2-10-23-50)41-60-63(72-44-51-24-11-3-12-25-51)65(74-46-53-28-15-5-16-29-53)64(73-45-52-26-13-4-14-27-52)61(75-60)47-70-42-49-20-7-1-8-21-49/h1-18,20-29,31-32,34-40,58,60-65H,19,30,33,41-47H2/t58-,60+,61?,62-,63?,64-,65+/m1/s1. The van der Waals surface area contributed by atoms with Gasteiger partial charge in [-0.1, -0.05) is 194 Å². The fourth-order valence-corrected chi connectivity index (χ4v) is 10.3. The van der Waals surface area contributed by atoms with Gasteiger partial charge in [0.2, 0.25) is 5.91 Å². The van der Waals surface area contributed by atoms with Crippen LogP contribution in [0.15, 0.2) is 224 Å². The minimum atomic E-state index is -0.586. The molecule has 8 aromatic rings. The van der Waals surface area contributed by atoms with Crippen LogP contribution in [-0.2, 0) is 74.4 Å². The molecular formula is C66H64FNO7. The lowest BCUT2D eigenvalue weighted by molar-refractivity contribution is -0.272. The first-order valence-electron chi connectivity index (χ1n) is 26.2. The van der Waals surface area contributed by atoms with Crippen LogP contribution in [0.5, 0.6) is 5.75 Å². The quantitative estimate of drug-likeness (QED) is 0.0558. The van der Waals surface area contributed by atoms with Gasteiger partial charge in [0.1, 0.15) is 42.6 Å². The summed E-state index contributed by atoms with van der Waals surface area (Å²) in [4.78, 5) is 16.3. The van der Waals surface area contributed by atoms with Gasteiger partial charge in [-0.2, -0.15) is 0 Å². The van der Waals surface area contributed by atoms with Gasteiger partial charge in [-0.05, 0) is 88.5 Å². The molecule has 7 atom stereocenters. The highest BCUT2D eigenvalue weighted by Gasteiger charge is 2.50. The number of hydrogen-bond acceptors (Lipinski definition) is 7. The maximum Gasteiger partial charge on any atom is 0.233 e. The number of ether oxygens (including phenoxy) is 6. The minimum Gasteiger partial charge on any atom is -0.489 e. The number of amides is 1. The summed E-state index contributed by atoms with van der Waals surface area (Å²) in [6, 6.07) is 73.4. The van der Waals surface area contributed by atoms with Crippen LogP contribution in [0.4, 0.5) is 10.1 Å². The van der Waals surface area contributed by atoms with Gasteiger partial charge in [-0.15, -0.1) is 0 Å². The van der Waals surface area contributed by atoms with Crippen LogP contribution < -0.4 is 9.64 Å². The number of anilines is 1. The fraction of sp³-hybridized carbons (Fsp3) is 0.258. The molecule has 2 saturated heterocycles. The van der Waals surface area contributed by atoms with E-state index in [9.17, 15) is 9.18 Å². The lowest BCUT2D eigenvalue weighted by atomic mass is 9.77. The van der Waals surface area contributed by atoms with Crippen LogP contribution in [-0.4, -0.2) is 43.0 Å². The molecule has 2 fully saturated rings. The molecule has 2 aliphatic rings. The maximum absolute atomic E-state index is 14.3. The van der Waals surface area contributed by atoms with E-state index in [0.29, 0.717) is 51.6 Å². The maximum atomic E-state index is 14.3. The highest BCUT2D eigenvalue weighted by Crippen LogP contribution is 2.49. The first-order chi connectivity index (χ1) is 37.0. The molecule has 2 aliphatic heterocycles. The van der Waals surface area contributed by atoms with Gasteiger partial charge in [0, 0.05) is 17.7 Å². The zero-order valence-corrected chi connectivity index (χ0v) is 42.2. The average molecular weight is 1000 g/mol. The van der Waals surface area contributed by atoms with Crippen LogP contribution in [0.25, 0.3) is 0 Å². The van der Waals surface area contributed by atoms with Crippen molar-refractivity contribution in [2.45, 2.75) is 95.3 Å². The second kappa shape index (κ2) is 25.8. The number of carbonyl (C=O) groups is 1. The molecule has 0 spiro atoms. The predicted octanol–water partition coefficient (Wildman–Crippen LogP) is 13.4. The molecule has 75 heavy (non-hydrogen) atoms. The van der Waals surface area contributed by atoms with E-state index in [1.54, 1.807) is 0 Å². The molecule has 0 saturated carbocycles. The molecule has 0 aliphatic carbocycles. The van der Waals surface area contributed by atoms with Crippen molar-refractivity contribution >= 4 is 11.6 Å². The number of para-hydroxylation sites is 1. The monoisotopic (exact) mass is 1000 g/mol. The Balaban J connectivity index is 1.01. The summed E-state index contributed by atoms with van der Waals surface area (Å²) < 4.78 is 55.7. The third-order valence-electron chi connectivity index (χ3n) is 14.2. The van der Waals surface area contributed by atoms with Crippen molar-refractivity contribution in [3.63, 3.8) is 0 Å². The van der Waals surface area contributed by atoms with Gasteiger partial charge >= 0.3 is 0 Å². The van der Waals surface area contributed by atoms with Crippen LogP contribution in [0.3, 0.4) is 0 Å². The molecular weight excluding hydrogens is 938 g/mol. The number of aryl methyl sites for hydroxylation is 1. The number of β-lactam (4-membered cyclic amide) rings is 1. The molecule has 8 nitrogen and oxygen atoms in total. The molecule has 9 heteroatoms. The van der Waals surface area contributed by atoms with Gasteiger partial charge in [-0.25, -0.2) is 4.39 Å². The van der Waals surface area contributed by atoms with Crippen molar-refractivity contribution < 1.29 is 37.6 Å². The number of nitrogens with zero attached hydrogens (tertiary/aromatic N) is 1. The van der Waals surface area contributed by atoms with Gasteiger partial charge in [0.15, 0.2) is 0 Å². The molecule has 0 bridgehead atoms. The summed E-state index contributed by atoms with van der Waals surface area (Å²) in [7, 11) is 0. The lowest BCUT2D eigenvalue weighted by Crippen LogP contribution is -2.61. The summed E-state index contributed by atoms with van der Waals surface area (Å²) in [6.45, 7) is 1.99. The third-order valence-corrected chi connectivity index (χ3v) is 14.2.